The monoisotopic (exact) mass is 498 g/mol. The molecular formula is C22H15IN2O2S. The molecule has 4 nitrogen and oxygen atoms in total. The van der Waals surface area contributed by atoms with Gasteiger partial charge in [-0.05, 0) is 82.4 Å². The first kappa shape index (κ1) is 18.8. The number of hydrogen-bond acceptors (Lipinski definition) is 4. The molecule has 1 aliphatic rings. The van der Waals surface area contributed by atoms with Crippen LogP contribution < -0.4 is 10.1 Å². The predicted octanol–water partition coefficient (Wildman–Crippen LogP) is 5.98. The van der Waals surface area contributed by atoms with Crippen molar-refractivity contribution < 1.29 is 9.53 Å². The normalized spacial score (nSPS) is 16.4. The van der Waals surface area contributed by atoms with Crippen molar-refractivity contribution in [1.29, 1.82) is 0 Å². The highest BCUT2D eigenvalue weighted by Crippen LogP contribution is 2.30. The second-order valence-corrected chi connectivity index (χ2v) is 8.11. The molecule has 1 heterocycles. The minimum atomic E-state index is -0.149. The third-order valence-electron chi connectivity index (χ3n) is 3.86. The van der Waals surface area contributed by atoms with E-state index in [-0.39, 0.29) is 5.91 Å². The molecular weight excluding hydrogens is 483 g/mol. The molecule has 4 rings (SSSR count). The summed E-state index contributed by atoms with van der Waals surface area (Å²) < 4.78 is 6.90. The van der Waals surface area contributed by atoms with Crippen molar-refractivity contribution in [3.63, 3.8) is 0 Å². The number of ether oxygens (including phenoxy) is 1. The number of rotatable bonds is 4. The van der Waals surface area contributed by atoms with Gasteiger partial charge in [0.15, 0.2) is 5.17 Å². The van der Waals surface area contributed by atoms with Crippen molar-refractivity contribution in [1.82, 2.24) is 5.32 Å². The molecule has 0 radical (unpaired) electrons. The molecule has 1 fully saturated rings. The number of thioether (sulfide) groups is 1. The summed E-state index contributed by atoms with van der Waals surface area (Å²) in [5.74, 6) is 1.34. The molecule has 1 N–H and O–H groups in total. The van der Waals surface area contributed by atoms with Gasteiger partial charge in [0.1, 0.15) is 11.5 Å². The molecule has 0 spiro atoms. The van der Waals surface area contributed by atoms with Gasteiger partial charge in [0.05, 0.1) is 10.6 Å². The Balaban J connectivity index is 1.54. The van der Waals surface area contributed by atoms with Gasteiger partial charge in [-0.2, -0.15) is 0 Å². The SMILES string of the molecule is O=C1NC(=Nc2ccccc2I)S/C1=C/c1cccc(Oc2ccccc2)c1. The maximum atomic E-state index is 12.3. The van der Waals surface area contributed by atoms with Gasteiger partial charge < -0.3 is 10.1 Å². The minimum absolute atomic E-state index is 0.149. The van der Waals surface area contributed by atoms with Gasteiger partial charge in [-0.3, -0.25) is 4.79 Å². The summed E-state index contributed by atoms with van der Waals surface area (Å²) >= 11 is 3.56. The largest absolute Gasteiger partial charge is 0.457 e. The first-order chi connectivity index (χ1) is 13.7. The van der Waals surface area contributed by atoms with Gasteiger partial charge in [0.2, 0.25) is 0 Å². The molecule has 0 aliphatic carbocycles. The lowest BCUT2D eigenvalue weighted by Gasteiger charge is -2.06. The lowest BCUT2D eigenvalue weighted by molar-refractivity contribution is -0.115. The van der Waals surface area contributed by atoms with Crippen LogP contribution in [0.15, 0.2) is 88.8 Å². The Kier molecular flexibility index (Phi) is 5.78. The Bertz CT molecular complexity index is 1080. The summed E-state index contributed by atoms with van der Waals surface area (Å²) in [6.07, 6.45) is 1.84. The summed E-state index contributed by atoms with van der Waals surface area (Å²) in [5, 5.41) is 3.41. The zero-order valence-corrected chi connectivity index (χ0v) is 17.6. The number of hydrogen-bond donors (Lipinski definition) is 1. The van der Waals surface area contributed by atoms with Crippen LogP contribution in [0.2, 0.25) is 0 Å². The minimum Gasteiger partial charge on any atom is -0.457 e. The lowest BCUT2D eigenvalue weighted by Crippen LogP contribution is -2.19. The van der Waals surface area contributed by atoms with E-state index in [9.17, 15) is 4.79 Å². The molecule has 0 unspecified atom stereocenters. The van der Waals surface area contributed by atoms with E-state index in [1.54, 1.807) is 0 Å². The average molecular weight is 498 g/mol. The Morgan fingerprint density at radius 1 is 0.929 bits per heavy atom. The van der Waals surface area contributed by atoms with Crippen molar-refractivity contribution in [3.05, 3.63) is 92.9 Å². The molecule has 0 aromatic heterocycles. The van der Waals surface area contributed by atoms with E-state index in [1.165, 1.54) is 11.8 Å². The van der Waals surface area contributed by atoms with Crippen LogP contribution in [-0.4, -0.2) is 11.1 Å². The topological polar surface area (TPSA) is 50.7 Å². The van der Waals surface area contributed by atoms with Crippen LogP contribution >= 0.6 is 34.4 Å². The number of carbonyl (C=O) groups excluding carboxylic acids is 1. The Hall–Kier alpha value is -2.58. The summed E-state index contributed by atoms with van der Waals surface area (Å²) in [7, 11) is 0. The number of nitrogens with zero attached hydrogens (tertiary/aromatic N) is 1. The highest BCUT2D eigenvalue weighted by Gasteiger charge is 2.24. The van der Waals surface area contributed by atoms with Crippen LogP contribution in [0, 0.1) is 3.57 Å². The zero-order valence-electron chi connectivity index (χ0n) is 14.6. The van der Waals surface area contributed by atoms with Crippen molar-refractivity contribution >= 4 is 57.2 Å². The van der Waals surface area contributed by atoms with E-state index in [1.807, 2.05) is 84.9 Å². The number of para-hydroxylation sites is 2. The second-order valence-electron chi connectivity index (χ2n) is 5.92. The van der Waals surface area contributed by atoms with Gasteiger partial charge in [0.25, 0.3) is 5.91 Å². The zero-order chi connectivity index (χ0) is 19.3. The molecule has 1 amide bonds. The summed E-state index contributed by atoms with van der Waals surface area (Å²) in [4.78, 5) is 17.5. The van der Waals surface area contributed by atoms with Crippen LogP contribution in [0.4, 0.5) is 5.69 Å². The van der Waals surface area contributed by atoms with Crippen LogP contribution in [0.25, 0.3) is 6.08 Å². The Morgan fingerprint density at radius 3 is 2.50 bits per heavy atom. The molecule has 1 saturated heterocycles. The quantitative estimate of drug-likeness (QED) is 0.356. The van der Waals surface area contributed by atoms with Gasteiger partial charge in [-0.1, -0.05) is 42.5 Å². The first-order valence-corrected chi connectivity index (χ1v) is 10.4. The maximum Gasteiger partial charge on any atom is 0.264 e. The molecule has 0 saturated carbocycles. The van der Waals surface area contributed by atoms with E-state index in [2.05, 4.69) is 32.9 Å². The number of aliphatic imine (C=N–C) groups is 1. The number of benzene rings is 3. The van der Waals surface area contributed by atoms with Gasteiger partial charge in [-0.15, -0.1) is 0 Å². The van der Waals surface area contributed by atoms with E-state index >= 15 is 0 Å². The highest BCUT2D eigenvalue weighted by molar-refractivity contribution is 14.1. The van der Waals surface area contributed by atoms with Gasteiger partial charge in [0, 0.05) is 3.57 Å². The third-order valence-corrected chi connectivity index (χ3v) is 5.68. The first-order valence-electron chi connectivity index (χ1n) is 8.54. The summed E-state index contributed by atoms with van der Waals surface area (Å²) in [6.45, 7) is 0. The molecule has 3 aromatic carbocycles. The number of amides is 1. The lowest BCUT2D eigenvalue weighted by atomic mass is 10.2. The highest BCUT2D eigenvalue weighted by atomic mass is 127. The van der Waals surface area contributed by atoms with Gasteiger partial charge in [-0.25, -0.2) is 4.99 Å². The number of halogens is 1. The van der Waals surface area contributed by atoms with Gasteiger partial charge >= 0.3 is 0 Å². The smallest absolute Gasteiger partial charge is 0.264 e. The van der Waals surface area contributed by atoms with Crippen LogP contribution in [-0.2, 0) is 4.79 Å². The third kappa shape index (κ3) is 4.63. The number of nitrogens with one attached hydrogen (secondary N) is 1. The molecule has 138 valence electrons. The molecule has 6 heteroatoms. The second kappa shape index (κ2) is 8.62. The molecule has 1 aliphatic heterocycles. The van der Waals surface area contributed by atoms with Crippen LogP contribution in [0.3, 0.4) is 0 Å². The summed E-state index contributed by atoms with van der Waals surface area (Å²) in [6, 6.07) is 25.0. The van der Waals surface area contributed by atoms with E-state index in [0.29, 0.717) is 10.1 Å². The Labute approximate surface area is 180 Å². The fraction of sp³-hybridized carbons (Fsp3) is 0. The summed E-state index contributed by atoms with van der Waals surface area (Å²) in [5.41, 5.74) is 1.73. The number of carbonyl (C=O) groups is 1. The van der Waals surface area contributed by atoms with E-state index in [4.69, 9.17) is 4.74 Å². The van der Waals surface area contributed by atoms with Crippen molar-refractivity contribution in [2.24, 2.45) is 4.99 Å². The standard InChI is InChI=1S/C22H15IN2O2S/c23-18-11-4-5-12-19(18)24-22-25-21(26)20(28-22)14-15-7-6-10-17(13-15)27-16-8-2-1-3-9-16/h1-14H,(H,24,25,26)/b20-14+. The van der Waals surface area contributed by atoms with E-state index < -0.39 is 0 Å². The fourth-order valence-corrected chi connectivity index (χ4v) is 3.92. The fourth-order valence-electron chi connectivity index (χ4n) is 2.58. The molecule has 0 bridgehead atoms. The van der Waals surface area contributed by atoms with Crippen LogP contribution in [0.5, 0.6) is 11.5 Å². The van der Waals surface area contributed by atoms with Crippen molar-refractivity contribution in [2.75, 3.05) is 0 Å². The molecule has 0 atom stereocenters. The van der Waals surface area contributed by atoms with Crippen molar-refractivity contribution in [2.45, 2.75) is 0 Å². The maximum absolute atomic E-state index is 12.3. The number of amidine groups is 1. The predicted molar refractivity (Wildman–Crippen MR) is 123 cm³/mol. The molecule has 3 aromatic rings. The molecule has 28 heavy (non-hydrogen) atoms. The Morgan fingerprint density at radius 2 is 1.68 bits per heavy atom. The average Bonchev–Trinajstić information content (AvgIpc) is 3.04. The van der Waals surface area contributed by atoms with Crippen molar-refractivity contribution in [3.8, 4) is 11.5 Å². The van der Waals surface area contributed by atoms with E-state index in [0.717, 1.165) is 26.3 Å². The van der Waals surface area contributed by atoms with Crippen LogP contribution in [0.1, 0.15) is 5.56 Å².